The lowest BCUT2D eigenvalue weighted by Crippen LogP contribution is -2.27. The Morgan fingerprint density at radius 2 is 2.07 bits per heavy atom. The van der Waals surface area contributed by atoms with Crippen molar-refractivity contribution in [3.05, 3.63) is 34.3 Å². The maximum atomic E-state index is 11.3. The third-order valence-electron chi connectivity index (χ3n) is 3.13. The van der Waals surface area contributed by atoms with Gasteiger partial charge in [-0.3, -0.25) is 4.79 Å². The largest absolute Gasteiger partial charge is 0.481 e. The summed E-state index contributed by atoms with van der Waals surface area (Å²) in [6.45, 7) is 0. The summed E-state index contributed by atoms with van der Waals surface area (Å²) >= 11 is 3.42. The Balaban J connectivity index is 2.32. The number of benzene rings is 1. The number of carboxylic acid groups (broad SMARTS) is 1. The Kier molecular flexibility index (Phi) is 3.10. The van der Waals surface area contributed by atoms with Crippen molar-refractivity contribution in [2.45, 2.75) is 25.2 Å². The van der Waals surface area contributed by atoms with E-state index in [1.807, 2.05) is 24.3 Å². The van der Waals surface area contributed by atoms with Gasteiger partial charge in [0.25, 0.3) is 0 Å². The highest BCUT2D eigenvalue weighted by Gasteiger charge is 2.34. The normalized spacial score (nSPS) is 18.2. The number of halogens is 1. The molecule has 3 heteroatoms. The first-order valence-electron chi connectivity index (χ1n) is 5.17. The Bertz CT molecular complexity index is 372. The predicted octanol–water partition coefficient (Wildman–Crippen LogP) is 3.42. The van der Waals surface area contributed by atoms with Crippen molar-refractivity contribution in [1.82, 2.24) is 0 Å². The van der Waals surface area contributed by atoms with E-state index in [1.165, 1.54) is 6.42 Å². The zero-order valence-electron chi connectivity index (χ0n) is 8.32. The molecular weight excluding hydrogens is 256 g/mol. The molecule has 0 bridgehead atoms. The van der Waals surface area contributed by atoms with Crippen LogP contribution < -0.4 is 0 Å². The zero-order chi connectivity index (χ0) is 10.8. The van der Waals surface area contributed by atoms with Gasteiger partial charge in [0.1, 0.15) is 0 Å². The molecule has 0 saturated heterocycles. The molecule has 2 rings (SSSR count). The summed E-state index contributed by atoms with van der Waals surface area (Å²) in [6.07, 6.45) is 3.25. The van der Waals surface area contributed by atoms with Crippen LogP contribution in [-0.2, 0) is 4.79 Å². The van der Waals surface area contributed by atoms with Gasteiger partial charge in [0.2, 0.25) is 0 Å². The standard InChI is InChI=1S/C12H13BrO2/c13-10-7-2-1-6-9(10)11(12(14)15)8-4-3-5-8/h1-2,6-8,11H,3-5H2,(H,14,15). The number of hydrogen-bond donors (Lipinski definition) is 1. The third-order valence-corrected chi connectivity index (χ3v) is 3.85. The van der Waals surface area contributed by atoms with Gasteiger partial charge in [-0.1, -0.05) is 40.5 Å². The number of hydrogen-bond acceptors (Lipinski definition) is 1. The van der Waals surface area contributed by atoms with Crippen molar-refractivity contribution >= 4 is 21.9 Å². The molecule has 0 aromatic heterocycles. The van der Waals surface area contributed by atoms with Gasteiger partial charge < -0.3 is 5.11 Å². The van der Waals surface area contributed by atoms with Crippen LogP contribution in [0.2, 0.25) is 0 Å². The number of aliphatic carboxylic acids is 1. The Morgan fingerprint density at radius 3 is 2.53 bits per heavy atom. The molecule has 15 heavy (non-hydrogen) atoms. The Labute approximate surface area is 97.4 Å². The van der Waals surface area contributed by atoms with Crippen molar-refractivity contribution < 1.29 is 9.90 Å². The quantitative estimate of drug-likeness (QED) is 0.912. The molecule has 1 aliphatic carbocycles. The van der Waals surface area contributed by atoms with E-state index in [0.29, 0.717) is 5.92 Å². The third kappa shape index (κ3) is 2.07. The van der Waals surface area contributed by atoms with E-state index in [0.717, 1.165) is 22.9 Å². The van der Waals surface area contributed by atoms with E-state index in [1.54, 1.807) is 0 Å². The minimum Gasteiger partial charge on any atom is -0.481 e. The Morgan fingerprint density at radius 1 is 1.40 bits per heavy atom. The highest BCUT2D eigenvalue weighted by Crippen LogP contribution is 2.41. The summed E-state index contributed by atoms with van der Waals surface area (Å²) in [5, 5.41) is 9.27. The van der Waals surface area contributed by atoms with E-state index >= 15 is 0 Å². The maximum Gasteiger partial charge on any atom is 0.311 e. The summed E-state index contributed by atoms with van der Waals surface area (Å²) < 4.78 is 0.907. The van der Waals surface area contributed by atoms with E-state index < -0.39 is 5.97 Å². The van der Waals surface area contributed by atoms with Crippen LogP contribution in [0.25, 0.3) is 0 Å². The van der Waals surface area contributed by atoms with E-state index in [-0.39, 0.29) is 5.92 Å². The lowest BCUT2D eigenvalue weighted by atomic mass is 9.73. The van der Waals surface area contributed by atoms with Crippen molar-refractivity contribution in [2.75, 3.05) is 0 Å². The highest BCUT2D eigenvalue weighted by atomic mass is 79.9. The first-order chi connectivity index (χ1) is 7.20. The van der Waals surface area contributed by atoms with E-state index in [9.17, 15) is 9.90 Å². The van der Waals surface area contributed by atoms with Crippen LogP contribution in [-0.4, -0.2) is 11.1 Å². The van der Waals surface area contributed by atoms with Gasteiger partial charge >= 0.3 is 5.97 Å². The molecule has 1 aromatic carbocycles. The molecule has 0 radical (unpaired) electrons. The topological polar surface area (TPSA) is 37.3 Å². The van der Waals surface area contributed by atoms with Crippen LogP contribution in [0.4, 0.5) is 0 Å². The highest BCUT2D eigenvalue weighted by molar-refractivity contribution is 9.10. The molecule has 0 amide bonds. The van der Waals surface area contributed by atoms with Crippen LogP contribution in [0, 0.1) is 5.92 Å². The smallest absolute Gasteiger partial charge is 0.311 e. The number of carboxylic acids is 1. The van der Waals surface area contributed by atoms with E-state index in [2.05, 4.69) is 15.9 Å². The van der Waals surface area contributed by atoms with Crippen molar-refractivity contribution in [2.24, 2.45) is 5.92 Å². The average molecular weight is 269 g/mol. The maximum absolute atomic E-state index is 11.3. The van der Waals surface area contributed by atoms with Crippen LogP contribution in [0.3, 0.4) is 0 Å². The molecule has 1 saturated carbocycles. The van der Waals surface area contributed by atoms with Gasteiger partial charge in [-0.2, -0.15) is 0 Å². The van der Waals surface area contributed by atoms with Gasteiger partial charge in [0.15, 0.2) is 0 Å². The predicted molar refractivity (Wildman–Crippen MR) is 61.9 cm³/mol. The second kappa shape index (κ2) is 4.35. The molecule has 1 unspecified atom stereocenters. The monoisotopic (exact) mass is 268 g/mol. The second-order valence-corrected chi connectivity index (χ2v) is 4.88. The fourth-order valence-corrected chi connectivity index (χ4v) is 2.62. The molecular formula is C12H13BrO2. The van der Waals surface area contributed by atoms with Gasteiger partial charge in [-0.15, -0.1) is 0 Å². The molecule has 1 aliphatic rings. The lowest BCUT2D eigenvalue weighted by molar-refractivity contribution is -0.141. The average Bonchev–Trinajstić information content (AvgIpc) is 2.12. The van der Waals surface area contributed by atoms with Crippen LogP contribution >= 0.6 is 15.9 Å². The molecule has 0 heterocycles. The molecule has 2 nitrogen and oxygen atoms in total. The second-order valence-electron chi connectivity index (χ2n) is 4.03. The fourth-order valence-electron chi connectivity index (χ4n) is 2.09. The van der Waals surface area contributed by atoms with Crippen molar-refractivity contribution in [1.29, 1.82) is 0 Å². The van der Waals surface area contributed by atoms with Crippen molar-refractivity contribution in [3.8, 4) is 0 Å². The summed E-state index contributed by atoms with van der Waals surface area (Å²) in [5.41, 5.74) is 0.912. The first-order valence-corrected chi connectivity index (χ1v) is 5.96. The van der Waals surface area contributed by atoms with Gasteiger partial charge in [0.05, 0.1) is 5.92 Å². The summed E-state index contributed by atoms with van der Waals surface area (Å²) in [4.78, 5) is 11.3. The minimum atomic E-state index is -0.702. The summed E-state index contributed by atoms with van der Waals surface area (Å²) in [6, 6.07) is 7.62. The van der Waals surface area contributed by atoms with E-state index in [4.69, 9.17) is 0 Å². The lowest BCUT2D eigenvalue weighted by Gasteiger charge is -2.31. The molecule has 80 valence electrons. The van der Waals surface area contributed by atoms with Crippen LogP contribution in [0.5, 0.6) is 0 Å². The molecule has 1 N–H and O–H groups in total. The molecule has 0 aliphatic heterocycles. The van der Waals surface area contributed by atoms with Gasteiger partial charge in [0, 0.05) is 4.47 Å². The summed E-state index contributed by atoms with van der Waals surface area (Å²) in [5.74, 6) is -0.720. The molecule has 0 spiro atoms. The minimum absolute atomic E-state index is 0.321. The SMILES string of the molecule is O=C(O)C(c1ccccc1Br)C1CCC1. The van der Waals surface area contributed by atoms with Gasteiger partial charge in [-0.05, 0) is 30.4 Å². The zero-order valence-corrected chi connectivity index (χ0v) is 9.90. The summed E-state index contributed by atoms with van der Waals surface area (Å²) in [7, 11) is 0. The van der Waals surface area contributed by atoms with Gasteiger partial charge in [-0.25, -0.2) is 0 Å². The molecule has 1 fully saturated rings. The number of rotatable bonds is 3. The van der Waals surface area contributed by atoms with Crippen LogP contribution in [0.1, 0.15) is 30.7 Å². The first kappa shape index (κ1) is 10.7. The number of carbonyl (C=O) groups is 1. The van der Waals surface area contributed by atoms with Crippen LogP contribution in [0.15, 0.2) is 28.7 Å². The van der Waals surface area contributed by atoms with Crippen molar-refractivity contribution in [3.63, 3.8) is 0 Å². The fraction of sp³-hybridized carbons (Fsp3) is 0.417. The molecule has 1 aromatic rings. The molecule has 1 atom stereocenters. The Hall–Kier alpha value is -0.830.